The number of rotatable bonds is 8. The van der Waals surface area contributed by atoms with Crippen LogP contribution in [0.15, 0.2) is 78.9 Å². The summed E-state index contributed by atoms with van der Waals surface area (Å²) in [7, 11) is 1.31. The lowest BCUT2D eigenvalue weighted by atomic mass is 10.2. The van der Waals surface area contributed by atoms with Crippen molar-refractivity contribution in [3.8, 4) is 22.8 Å². The molecule has 1 aromatic heterocycles. The van der Waals surface area contributed by atoms with Gasteiger partial charge in [-0.1, -0.05) is 48.5 Å². The van der Waals surface area contributed by atoms with Crippen LogP contribution in [0.5, 0.6) is 5.75 Å². The number of nitro groups is 1. The zero-order chi connectivity index (χ0) is 24.8. The number of nitro benzene ring substituents is 1. The molecule has 0 saturated heterocycles. The van der Waals surface area contributed by atoms with E-state index in [2.05, 4.69) is 15.4 Å². The summed E-state index contributed by atoms with van der Waals surface area (Å²) in [4.78, 5) is 39.6. The minimum atomic E-state index is -0.886. The average molecular weight is 473 g/mol. The summed E-state index contributed by atoms with van der Waals surface area (Å²) in [6.07, 6.45) is 0. The summed E-state index contributed by atoms with van der Waals surface area (Å²) in [5.41, 5.74) is 1.43. The average Bonchev–Trinajstić information content (AvgIpc) is 3.34. The highest BCUT2D eigenvalue weighted by Gasteiger charge is 2.21. The molecule has 11 heteroatoms. The van der Waals surface area contributed by atoms with E-state index < -0.39 is 23.4 Å². The number of carbonyl (C=O) groups is 2. The predicted octanol–water partition coefficient (Wildman–Crippen LogP) is 3.65. The van der Waals surface area contributed by atoms with Crippen LogP contribution < -0.4 is 10.1 Å². The van der Waals surface area contributed by atoms with Crippen LogP contribution in [0.25, 0.3) is 17.1 Å². The van der Waals surface area contributed by atoms with E-state index in [4.69, 9.17) is 9.47 Å². The third kappa shape index (κ3) is 5.30. The smallest absolute Gasteiger partial charge is 0.378 e. The maximum Gasteiger partial charge on any atom is 0.378 e. The van der Waals surface area contributed by atoms with E-state index in [1.807, 2.05) is 60.7 Å². The van der Waals surface area contributed by atoms with E-state index in [1.165, 1.54) is 30.0 Å². The first kappa shape index (κ1) is 23.1. The van der Waals surface area contributed by atoms with Gasteiger partial charge in [0.25, 0.3) is 17.4 Å². The van der Waals surface area contributed by atoms with Gasteiger partial charge in [0.15, 0.2) is 12.4 Å². The first-order chi connectivity index (χ1) is 17.0. The molecule has 0 unspecified atom stereocenters. The molecule has 0 aliphatic rings. The monoisotopic (exact) mass is 473 g/mol. The standard InChI is InChI=1S/C24H19N5O6/c1-34-20-14-18(29(32)33)12-13-19(20)25-21(30)15-35-24(31)22-26-23(16-8-4-2-5-9-16)28(27-22)17-10-6-3-7-11-17/h2-14H,15H2,1H3,(H,25,30). The third-order valence-electron chi connectivity index (χ3n) is 4.83. The topological polar surface area (TPSA) is 138 Å². The number of benzene rings is 3. The molecule has 176 valence electrons. The highest BCUT2D eigenvalue weighted by Crippen LogP contribution is 2.29. The largest absolute Gasteiger partial charge is 0.494 e. The number of nitrogens with zero attached hydrogens (tertiary/aromatic N) is 4. The summed E-state index contributed by atoms with van der Waals surface area (Å²) in [5.74, 6) is -1.24. The van der Waals surface area contributed by atoms with E-state index in [0.29, 0.717) is 11.5 Å². The Labute approximate surface area is 199 Å². The van der Waals surface area contributed by atoms with Gasteiger partial charge in [-0.05, 0) is 18.2 Å². The number of nitrogens with one attached hydrogen (secondary N) is 1. The van der Waals surface area contributed by atoms with E-state index in [9.17, 15) is 19.7 Å². The second-order valence-electron chi connectivity index (χ2n) is 7.14. The number of carbonyl (C=O) groups excluding carboxylic acids is 2. The molecule has 0 aliphatic heterocycles. The van der Waals surface area contributed by atoms with Crippen molar-refractivity contribution in [1.29, 1.82) is 0 Å². The zero-order valence-electron chi connectivity index (χ0n) is 18.5. The lowest BCUT2D eigenvalue weighted by molar-refractivity contribution is -0.384. The molecule has 0 radical (unpaired) electrons. The molecule has 11 nitrogen and oxygen atoms in total. The Morgan fingerprint density at radius 1 is 1.03 bits per heavy atom. The van der Waals surface area contributed by atoms with Gasteiger partial charge in [-0.3, -0.25) is 14.9 Å². The Kier molecular flexibility index (Phi) is 6.77. The molecule has 0 aliphatic carbocycles. The summed E-state index contributed by atoms with van der Waals surface area (Å²) in [6.45, 7) is -0.625. The van der Waals surface area contributed by atoms with E-state index in [1.54, 1.807) is 0 Å². The van der Waals surface area contributed by atoms with Crippen molar-refractivity contribution in [3.63, 3.8) is 0 Å². The van der Waals surface area contributed by atoms with E-state index in [0.717, 1.165) is 5.56 Å². The molecule has 0 atom stereocenters. The van der Waals surface area contributed by atoms with Crippen LogP contribution in [-0.2, 0) is 9.53 Å². The number of methoxy groups -OCH3 is 1. The van der Waals surface area contributed by atoms with Crippen LogP contribution in [0.4, 0.5) is 11.4 Å². The van der Waals surface area contributed by atoms with Gasteiger partial charge in [-0.15, -0.1) is 5.10 Å². The molecule has 3 aromatic carbocycles. The van der Waals surface area contributed by atoms with Gasteiger partial charge < -0.3 is 14.8 Å². The molecule has 4 aromatic rings. The first-order valence-electron chi connectivity index (χ1n) is 10.3. The fourth-order valence-corrected chi connectivity index (χ4v) is 3.20. The number of hydrogen-bond acceptors (Lipinski definition) is 8. The predicted molar refractivity (Wildman–Crippen MR) is 125 cm³/mol. The maximum atomic E-state index is 12.6. The van der Waals surface area contributed by atoms with Gasteiger partial charge in [0.05, 0.1) is 29.5 Å². The number of hydrogen-bond donors (Lipinski definition) is 1. The van der Waals surface area contributed by atoms with Crippen molar-refractivity contribution in [2.45, 2.75) is 0 Å². The second-order valence-corrected chi connectivity index (χ2v) is 7.14. The van der Waals surface area contributed by atoms with Crippen molar-refractivity contribution >= 4 is 23.3 Å². The number of non-ortho nitro benzene ring substituents is 1. The van der Waals surface area contributed by atoms with Crippen LogP contribution in [-0.4, -0.2) is 45.3 Å². The van der Waals surface area contributed by atoms with Crippen LogP contribution in [0.3, 0.4) is 0 Å². The van der Waals surface area contributed by atoms with Crippen molar-refractivity contribution in [2.75, 3.05) is 19.0 Å². The van der Waals surface area contributed by atoms with Crippen LogP contribution in [0.2, 0.25) is 0 Å². The first-order valence-corrected chi connectivity index (χ1v) is 10.3. The Morgan fingerprint density at radius 3 is 2.37 bits per heavy atom. The Hall–Kier alpha value is -5.06. The lowest BCUT2D eigenvalue weighted by Crippen LogP contribution is -2.21. The molecule has 4 rings (SSSR count). The fraction of sp³-hybridized carbons (Fsp3) is 0.0833. The summed E-state index contributed by atoms with van der Waals surface area (Å²) >= 11 is 0. The summed E-state index contributed by atoms with van der Waals surface area (Å²) in [5, 5.41) is 17.7. The Morgan fingerprint density at radius 2 is 1.71 bits per heavy atom. The van der Waals surface area contributed by atoms with Crippen LogP contribution in [0, 0.1) is 10.1 Å². The molecule has 0 bridgehead atoms. The van der Waals surface area contributed by atoms with E-state index in [-0.39, 0.29) is 22.9 Å². The van der Waals surface area contributed by atoms with E-state index >= 15 is 0 Å². The van der Waals surface area contributed by atoms with Crippen molar-refractivity contribution in [3.05, 3.63) is 94.8 Å². The number of anilines is 1. The van der Waals surface area contributed by atoms with Gasteiger partial charge in [0.2, 0.25) is 0 Å². The van der Waals surface area contributed by atoms with Crippen LogP contribution >= 0.6 is 0 Å². The highest BCUT2D eigenvalue weighted by molar-refractivity contribution is 5.95. The molecule has 0 fully saturated rings. The minimum absolute atomic E-state index is 0.0923. The van der Waals surface area contributed by atoms with Gasteiger partial charge in [0.1, 0.15) is 5.75 Å². The quantitative estimate of drug-likeness (QED) is 0.232. The molecule has 1 heterocycles. The van der Waals surface area contributed by atoms with Crippen LogP contribution in [0.1, 0.15) is 10.6 Å². The molecular weight excluding hydrogens is 454 g/mol. The highest BCUT2D eigenvalue weighted by atomic mass is 16.6. The zero-order valence-corrected chi connectivity index (χ0v) is 18.5. The maximum absolute atomic E-state index is 12.6. The Bertz CT molecular complexity index is 1310. The third-order valence-corrected chi connectivity index (χ3v) is 4.83. The normalized spacial score (nSPS) is 10.4. The lowest BCUT2D eigenvalue weighted by Gasteiger charge is -2.09. The van der Waals surface area contributed by atoms with Gasteiger partial charge in [0, 0.05) is 11.6 Å². The SMILES string of the molecule is COc1cc([N+](=O)[O-])ccc1NC(=O)COC(=O)c1nc(-c2ccccc2)n(-c2ccccc2)n1. The molecule has 0 spiro atoms. The number of esters is 1. The fourth-order valence-electron chi connectivity index (χ4n) is 3.20. The summed E-state index contributed by atoms with van der Waals surface area (Å²) < 4.78 is 11.7. The van der Waals surface area contributed by atoms with Gasteiger partial charge in [-0.2, -0.15) is 0 Å². The Balaban J connectivity index is 1.49. The molecule has 1 N–H and O–H groups in total. The molecule has 0 saturated carbocycles. The number of ether oxygens (including phenoxy) is 2. The van der Waals surface area contributed by atoms with Gasteiger partial charge >= 0.3 is 5.97 Å². The summed E-state index contributed by atoms with van der Waals surface area (Å²) in [6, 6.07) is 22.1. The van der Waals surface area contributed by atoms with Crippen molar-refractivity contribution < 1.29 is 24.0 Å². The minimum Gasteiger partial charge on any atom is -0.494 e. The molecule has 35 heavy (non-hydrogen) atoms. The number of para-hydroxylation sites is 1. The number of amides is 1. The van der Waals surface area contributed by atoms with Crippen molar-refractivity contribution in [2.24, 2.45) is 0 Å². The molecular formula is C24H19N5O6. The molecule has 1 amide bonds. The van der Waals surface area contributed by atoms with Gasteiger partial charge in [-0.25, -0.2) is 14.5 Å². The van der Waals surface area contributed by atoms with Crippen molar-refractivity contribution in [1.82, 2.24) is 14.8 Å². The number of aromatic nitrogens is 3. The second kappa shape index (κ2) is 10.3.